The van der Waals surface area contributed by atoms with Gasteiger partial charge in [-0.25, -0.2) is 4.39 Å². The Kier molecular flexibility index (Phi) is 10.0. The van der Waals surface area contributed by atoms with E-state index in [1.54, 1.807) is 0 Å². The molecule has 0 unspecified atom stereocenters. The predicted molar refractivity (Wildman–Crippen MR) is 91.3 cm³/mol. The second-order valence-electron chi connectivity index (χ2n) is 6.42. The lowest BCUT2D eigenvalue weighted by molar-refractivity contribution is -0.213. The van der Waals surface area contributed by atoms with E-state index in [9.17, 15) is 14.0 Å². The number of hydrogen-bond acceptors (Lipinski definition) is 7. The van der Waals surface area contributed by atoms with Gasteiger partial charge in [-0.2, -0.15) is 0 Å². The van der Waals surface area contributed by atoms with Crippen molar-refractivity contribution < 1.29 is 37.7 Å². The summed E-state index contributed by atoms with van der Waals surface area (Å²) >= 11 is 0. The molecular formula is C18H31FO7. The van der Waals surface area contributed by atoms with Crippen LogP contribution in [0.3, 0.4) is 0 Å². The molecule has 1 rings (SSSR count). The summed E-state index contributed by atoms with van der Waals surface area (Å²) in [5.74, 6) is -1.22. The SMILES string of the molecule is CCCCOC[C@@]1(CF)O[C@H](OC(C)=O)[C@H](OC(C)=O)[C@@H]1OCCCC. The first-order chi connectivity index (χ1) is 12.4. The number of unbranched alkanes of at least 4 members (excludes halogenated alkanes) is 2. The fourth-order valence-corrected chi connectivity index (χ4v) is 2.73. The Morgan fingerprint density at radius 3 is 2.19 bits per heavy atom. The minimum atomic E-state index is -1.50. The van der Waals surface area contributed by atoms with Crippen molar-refractivity contribution in [2.24, 2.45) is 0 Å². The highest BCUT2D eigenvalue weighted by Gasteiger charge is 2.59. The summed E-state index contributed by atoms with van der Waals surface area (Å²) in [5.41, 5.74) is -1.50. The number of hydrogen-bond donors (Lipinski definition) is 0. The highest BCUT2D eigenvalue weighted by atomic mass is 19.1. The maximum Gasteiger partial charge on any atom is 0.305 e. The third kappa shape index (κ3) is 6.48. The van der Waals surface area contributed by atoms with Crippen molar-refractivity contribution in [3.8, 4) is 0 Å². The van der Waals surface area contributed by atoms with Gasteiger partial charge in [0.2, 0.25) is 6.29 Å². The van der Waals surface area contributed by atoms with Crippen molar-refractivity contribution in [3.05, 3.63) is 0 Å². The summed E-state index contributed by atoms with van der Waals surface area (Å²) in [7, 11) is 0. The van der Waals surface area contributed by atoms with E-state index in [-0.39, 0.29) is 6.61 Å². The van der Waals surface area contributed by atoms with E-state index in [1.165, 1.54) is 13.8 Å². The van der Waals surface area contributed by atoms with Gasteiger partial charge in [-0.3, -0.25) is 9.59 Å². The van der Waals surface area contributed by atoms with Crippen molar-refractivity contribution >= 4 is 11.9 Å². The van der Waals surface area contributed by atoms with Crippen molar-refractivity contribution in [1.82, 2.24) is 0 Å². The van der Waals surface area contributed by atoms with Crippen molar-refractivity contribution in [2.75, 3.05) is 26.5 Å². The van der Waals surface area contributed by atoms with Gasteiger partial charge in [-0.15, -0.1) is 0 Å². The molecule has 152 valence electrons. The van der Waals surface area contributed by atoms with E-state index in [0.29, 0.717) is 13.2 Å². The van der Waals surface area contributed by atoms with Crippen LogP contribution in [-0.4, -0.2) is 62.5 Å². The van der Waals surface area contributed by atoms with Crippen molar-refractivity contribution in [2.45, 2.75) is 77.5 Å². The summed E-state index contributed by atoms with van der Waals surface area (Å²) in [5, 5.41) is 0. The van der Waals surface area contributed by atoms with E-state index in [2.05, 4.69) is 0 Å². The zero-order chi connectivity index (χ0) is 19.6. The Morgan fingerprint density at radius 2 is 1.65 bits per heavy atom. The highest BCUT2D eigenvalue weighted by Crippen LogP contribution is 2.37. The quantitative estimate of drug-likeness (QED) is 0.381. The summed E-state index contributed by atoms with van der Waals surface area (Å²) in [6.07, 6.45) is 0.160. The molecule has 1 fully saturated rings. The first-order valence-corrected chi connectivity index (χ1v) is 9.17. The Balaban J connectivity index is 3.02. The largest absolute Gasteiger partial charge is 0.453 e. The molecule has 0 spiro atoms. The van der Waals surface area contributed by atoms with E-state index in [1.807, 2.05) is 13.8 Å². The normalized spacial score (nSPS) is 28.1. The molecule has 0 aromatic heterocycles. The lowest BCUT2D eigenvalue weighted by Gasteiger charge is -2.32. The molecule has 0 bridgehead atoms. The number of alkyl halides is 1. The van der Waals surface area contributed by atoms with Crippen LogP contribution >= 0.6 is 0 Å². The number of carbonyl (C=O) groups excluding carboxylic acids is 2. The molecule has 0 saturated carbocycles. The van der Waals surface area contributed by atoms with Crippen LogP contribution in [0.2, 0.25) is 0 Å². The average Bonchev–Trinajstić information content (AvgIpc) is 2.85. The van der Waals surface area contributed by atoms with Crippen LogP contribution in [0.15, 0.2) is 0 Å². The zero-order valence-electron chi connectivity index (χ0n) is 16.1. The molecule has 1 aliphatic heterocycles. The van der Waals surface area contributed by atoms with Gasteiger partial charge in [0.25, 0.3) is 0 Å². The van der Waals surface area contributed by atoms with Crippen LogP contribution in [-0.2, 0) is 33.3 Å². The molecular weight excluding hydrogens is 347 g/mol. The Hall–Kier alpha value is -1.25. The third-order valence-corrected chi connectivity index (χ3v) is 4.03. The molecule has 1 aliphatic rings. The zero-order valence-corrected chi connectivity index (χ0v) is 16.1. The second-order valence-corrected chi connectivity index (χ2v) is 6.42. The molecule has 0 amide bonds. The number of esters is 2. The smallest absolute Gasteiger partial charge is 0.305 e. The monoisotopic (exact) mass is 378 g/mol. The fourth-order valence-electron chi connectivity index (χ4n) is 2.73. The van der Waals surface area contributed by atoms with E-state index < -0.39 is 42.7 Å². The number of carbonyl (C=O) groups is 2. The number of halogens is 1. The van der Waals surface area contributed by atoms with E-state index in [0.717, 1.165) is 25.7 Å². The highest BCUT2D eigenvalue weighted by molar-refractivity contribution is 5.67. The third-order valence-electron chi connectivity index (χ3n) is 4.03. The van der Waals surface area contributed by atoms with Gasteiger partial charge in [-0.1, -0.05) is 26.7 Å². The Labute approximate surface area is 154 Å². The molecule has 1 heterocycles. The van der Waals surface area contributed by atoms with Crippen LogP contribution in [0.4, 0.5) is 4.39 Å². The molecule has 26 heavy (non-hydrogen) atoms. The first kappa shape index (κ1) is 22.8. The maximum absolute atomic E-state index is 14.1. The molecule has 4 atom stereocenters. The minimum Gasteiger partial charge on any atom is -0.453 e. The Bertz CT molecular complexity index is 445. The fraction of sp³-hybridized carbons (Fsp3) is 0.889. The molecule has 0 aromatic rings. The van der Waals surface area contributed by atoms with E-state index >= 15 is 0 Å². The second kappa shape index (κ2) is 11.5. The van der Waals surface area contributed by atoms with Crippen molar-refractivity contribution in [3.63, 3.8) is 0 Å². The molecule has 1 saturated heterocycles. The lowest BCUT2D eigenvalue weighted by Crippen LogP contribution is -2.51. The maximum atomic E-state index is 14.1. The lowest BCUT2D eigenvalue weighted by atomic mass is 9.97. The topological polar surface area (TPSA) is 80.3 Å². The van der Waals surface area contributed by atoms with Crippen LogP contribution in [0, 0.1) is 0 Å². The average molecular weight is 378 g/mol. The first-order valence-electron chi connectivity index (χ1n) is 9.17. The molecule has 0 aliphatic carbocycles. The van der Waals surface area contributed by atoms with Crippen LogP contribution in [0.5, 0.6) is 0 Å². The summed E-state index contributed by atoms with van der Waals surface area (Å²) < 4.78 is 41.5. The number of rotatable bonds is 12. The molecule has 0 aromatic carbocycles. The predicted octanol–water partition coefficient (Wildman–Crippen LogP) is 2.55. The minimum absolute atomic E-state index is 0.0875. The number of ether oxygens (including phenoxy) is 5. The summed E-state index contributed by atoms with van der Waals surface area (Å²) in [6, 6.07) is 0. The molecule has 0 N–H and O–H groups in total. The molecule has 0 radical (unpaired) electrons. The van der Waals surface area contributed by atoms with Crippen LogP contribution < -0.4 is 0 Å². The van der Waals surface area contributed by atoms with Gasteiger partial charge in [0, 0.05) is 27.1 Å². The standard InChI is InChI=1S/C18H31FO7/c1-5-7-9-22-12-18(11-19)16(23-10-8-6-2)15(24-13(3)20)17(26-18)25-14(4)21/h15-17H,5-12H2,1-4H3/t15-,16+,17+,18-/m1/s1. The summed E-state index contributed by atoms with van der Waals surface area (Å²) in [6.45, 7) is 6.21. The molecule has 8 heteroatoms. The molecule has 7 nitrogen and oxygen atoms in total. The van der Waals surface area contributed by atoms with Gasteiger partial charge in [0.15, 0.2) is 11.7 Å². The van der Waals surface area contributed by atoms with Gasteiger partial charge in [-0.05, 0) is 12.8 Å². The summed E-state index contributed by atoms with van der Waals surface area (Å²) in [4.78, 5) is 22.9. The van der Waals surface area contributed by atoms with Gasteiger partial charge >= 0.3 is 11.9 Å². The van der Waals surface area contributed by atoms with E-state index in [4.69, 9.17) is 23.7 Å². The van der Waals surface area contributed by atoms with Gasteiger partial charge in [0.1, 0.15) is 12.8 Å². The van der Waals surface area contributed by atoms with Crippen molar-refractivity contribution in [1.29, 1.82) is 0 Å². The van der Waals surface area contributed by atoms with Gasteiger partial charge in [0.05, 0.1) is 6.61 Å². The van der Waals surface area contributed by atoms with Crippen LogP contribution in [0.1, 0.15) is 53.4 Å². The van der Waals surface area contributed by atoms with Gasteiger partial charge < -0.3 is 23.7 Å². The van der Waals surface area contributed by atoms with Crippen LogP contribution in [0.25, 0.3) is 0 Å². The Morgan fingerprint density at radius 1 is 1.04 bits per heavy atom.